The van der Waals surface area contributed by atoms with Crippen molar-refractivity contribution in [1.29, 1.82) is 0 Å². The van der Waals surface area contributed by atoms with Gasteiger partial charge in [0.2, 0.25) is 11.8 Å². The lowest BCUT2D eigenvalue weighted by Crippen LogP contribution is -2.51. The van der Waals surface area contributed by atoms with Crippen molar-refractivity contribution in [3.05, 3.63) is 30.3 Å². The summed E-state index contributed by atoms with van der Waals surface area (Å²) in [7, 11) is 0. The molecule has 1 aromatic rings. The van der Waals surface area contributed by atoms with Gasteiger partial charge in [-0.3, -0.25) is 14.4 Å². The summed E-state index contributed by atoms with van der Waals surface area (Å²) in [5.41, 5.74) is 0.347. The van der Waals surface area contributed by atoms with Crippen LogP contribution in [0.4, 0.5) is 5.69 Å². The average molecular weight is 370 g/mol. The molecule has 2 unspecified atom stereocenters. The van der Waals surface area contributed by atoms with Gasteiger partial charge < -0.3 is 4.90 Å². The van der Waals surface area contributed by atoms with Gasteiger partial charge in [0, 0.05) is 12.0 Å². The molecule has 1 saturated heterocycles. The van der Waals surface area contributed by atoms with Crippen molar-refractivity contribution in [3.63, 3.8) is 0 Å². The maximum Gasteiger partial charge on any atom is 0.257 e. The molecule has 0 bridgehead atoms. The number of anilines is 1. The molecule has 146 valence electrons. The van der Waals surface area contributed by atoms with E-state index in [1.54, 1.807) is 29.2 Å². The Morgan fingerprint density at radius 1 is 1.15 bits per heavy atom. The highest BCUT2D eigenvalue weighted by Gasteiger charge is 2.69. The van der Waals surface area contributed by atoms with E-state index in [1.807, 2.05) is 19.9 Å². The van der Waals surface area contributed by atoms with Crippen molar-refractivity contribution < 1.29 is 14.4 Å². The molecule has 5 nitrogen and oxygen atoms in total. The van der Waals surface area contributed by atoms with Gasteiger partial charge >= 0.3 is 0 Å². The molecule has 2 atom stereocenters. The smallest absolute Gasteiger partial charge is 0.257 e. The fraction of sp³-hybridized carbons (Fsp3) is 0.591. The molecule has 1 aromatic carbocycles. The zero-order valence-electron chi connectivity index (χ0n) is 17.2. The molecule has 0 radical (unpaired) electrons. The van der Waals surface area contributed by atoms with Gasteiger partial charge in [-0.05, 0) is 36.3 Å². The normalized spacial score (nSPS) is 24.8. The lowest BCUT2D eigenvalue weighted by Gasteiger charge is -2.33. The van der Waals surface area contributed by atoms with E-state index >= 15 is 0 Å². The monoisotopic (exact) mass is 370 g/mol. The first-order chi connectivity index (χ1) is 12.6. The number of carbonyl (C=O) groups is 3. The molecule has 0 aromatic heterocycles. The molecule has 3 amide bonds. The quantitative estimate of drug-likeness (QED) is 0.744. The standard InChI is InChI=1S/C22H30N2O3/c1-7-14(2)23(20(27)18-21(3,4)22(18,5)6)16-13-17(25)24(19(16)26)15-11-9-8-10-12-15/h8-12,14,16,18H,7,13H2,1-6H3. The van der Waals surface area contributed by atoms with Crippen LogP contribution in [0.15, 0.2) is 30.3 Å². The van der Waals surface area contributed by atoms with Gasteiger partial charge in [-0.2, -0.15) is 0 Å². The van der Waals surface area contributed by atoms with Crippen LogP contribution in [0.1, 0.15) is 54.4 Å². The van der Waals surface area contributed by atoms with Crippen LogP contribution in [0.2, 0.25) is 0 Å². The maximum atomic E-state index is 13.5. The van der Waals surface area contributed by atoms with E-state index in [2.05, 4.69) is 27.7 Å². The van der Waals surface area contributed by atoms with E-state index < -0.39 is 6.04 Å². The van der Waals surface area contributed by atoms with Gasteiger partial charge in [0.1, 0.15) is 6.04 Å². The summed E-state index contributed by atoms with van der Waals surface area (Å²) in [6.45, 7) is 12.4. The average Bonchev–Trinajstić information content (AvgIpc) is 2.85. The Labute approximate surface area is 161 Å². The first-order valence-corrected chi connectivity index (χ1v) is 9.79. The number of amides is 3. The Morgan fingerprint density at radius 3 is 2.19 bits per heavy atom. The number of para-hydroxylation sites is 1. The maximum absolute atomic E-state index is 13.5. The van der Waals surface area contributed by atoms with Gasteiger partial charge in [-0.1, -0.05) is 52.8 Å². The van der Waals surface area contributed by atoms with Crippen LogP contribution in [-0.4, -0.2) is 34.7 Å². The number of nitrogens with zero attached hydrogens (tertiary/aromatic N) is 2. The molecule has 27 heavy (non-hydrogen) atoms. The molecule has 2 fully saturated rings. The second-order valence-electron chi connectivity index (χ2n) is 9.00. The summed E-state index contributed by atoms with van der Waals surface area (Å²) in [5.74, 6) is -0.671. The summed E-state index contributed by atoms with van der Waals surface area (Å²) in [5, 5.41) is 0. The van der Waals surface area contributed by atoms with E-state index in [0.717, 1.165) is 6.42 Å². The fourth-order valence-corrected chi connectivity index (χ4v) is 4.52. The molecule has 1 aliphatic carbocycles. The molecular formula is C22H30N2O3. The van der Waals surface area contributed by atoms with E-state index in [1.165, 1.54) is 4.90 Å². The van der Waals surface area contributed by atoms with Crippen LogP contribution >= 0.6 is 0 Å². The second kappa shape index (κ2) is 6.47. The summed E-state index contributed by atoms with van der Waals surface area (Å²) in [6.07, 6.45) is 0.792. The van der Waals surface area contributed by atoms with E-state index in [4.69, 9.17) is 0 Å². The molecule has 5 heteroatoms. The second-order valence-corrected chi connectivity index (χ2v) is 9.00. The van der Waals surface area contributed by atoms with Crippen molar-refractivity contribution in [2.24, 2.45) is 16.7 Å². The van der Waals surface area contributed by atoms with E-state index in [9.17, 15) is 14.4 Å². The van der Waals surface area contributed by atoms with Crippen molar-refractivity contribution in [3.8, 4) is 0 Å². The SMILES string of the molecule is CCC(C)N(C(=O)C1C(C)(C)C1(C)C)C1CC(=O)N(c2ccccc2)C1=O. The van der Waals surface area contributed by atoms with Crippen LogP contribution in [0.3, 0.4) is 0 Å². The molecule has 1 aliphatic heterocycles. The summed E-state index contributed by atoms with van der Waals surface area (Å²) >= 11 is 0. The van der Waals surface area contributed by atoms with Crippen molar-refractivity contribution in [2.75, 3.05) is 4.90 Å². The summed E-state index contributed by atoms with van der Waals surface area (Å²) in [4.78, 5) is 42.2. The molecule has 2 aliphatic rings. The molecule has 0 N–H and O–H groups in total. The Hall–Kier alpha value is -2.17. The first kappa shape index (κ1) is 19.6. The third-order valence-electron chi connectivity index (χ3n) is 7.06. The van der Waals surface area contributed by atoms with Gasteiger partial charge in [0.25, 0.3) is 5.91 Å². The van der Waals surface area contributed by atoms with Crippen LogP contribution in [0, 0.1) is 16.7 Å². The third kappa shape index (κ3) is 2.88. The first-order valence-electron chi connectivity index (χ1n) is 9.79. The fourth-order valence-electron chi connectivity index (χ4n) is 4.52. The number of hydrogen-bond donors (Lipinski definition) is 0. The Balaban J connectivity index is 1.92. The van der Waals surface area contributed by atoms with Crippen molar-refractivity contribution in [1.82, 2.24) is 4.90 Å². The Bertz CT molecular complexity index is 755. The molecule has 0 spiro atoms. The number of benzene rings is 1. The highest BCUT2D eigenvalue weighted by atomic mass is 16.2. The van der Waals surface area contributed by atoms with Crippen molar-refractivity contribution >= 4 is 23.4 Å². The Morgan fingerprint density at radius 2 is 1.70 bits per heavy atom. The Kier molecular flexibility index (Phi) is 4.69. The molecular weight excluding hydrogens is 340 g/mol. The van der Waals surface area contributed by atoms with Gasteiger partial charge in [0.05, 0.1) is 12.1 Å². The largest absolute Gasteiger partial charge is 0.327 e. The van der Waals surface area contributed by atoms with E-state index in [0.29, 0.717) is 5.69 Å². The number of hydrogen-bond acceptors (Lipinski definition) is 3. The summed E-state index contributed by atoms with van der Waals surface area (Å²) < 4.78 is 0. The van der Waals surface area contributed by atoms with Crippen LogP contribution in [0.25, 0.3) is 0 Å². The lowest BCUT2D eigenvalue weighted by molar-refractivity contribution is -0.143. The molecule has 1 saturated carbocycles. The van der Waals surface area contributed by atoms with Crippen molar-refractivity contribution in [2.45, 2.75) is 66.5 Å². The highest BCUT2D eigenvalue weighted by Crippen LogP contribution is 2.69. The van der Waals surface area contributed by atoms with Crippen LogP contribution < -0.4 is 4.90 Å². The summed E-state index contributed by atoms with van der Waals surface area (Å²) in [6, 6.07) is 8.14. The predicted octanol–water partition coefficient (Wildman–Crippen LogP) is 3.63. The minimum Gasteiger partial charge on any atom is -0.327 e. The number of imide groups is 1. The number of rotatable bonds is 5. The number of carbonyl (C=O) groups excluding carboxylic acids is 3. The van der Waals surface area contributed by atoms with Crippen LogP contribution in [-0.2, 0) is 14.4 Å². The molecule has 3 rings (SSSR count). The van der Waals surface area contributed by atoms with E-state index in [-0.39, 0.29) is 46.9 Å². The minimum atomic E-state index is -0.715. The van der Waals surface area contributed by atoms with Crippen LogP contribution in [0.5, 0.6) is 0 Å². The molecule has 1 heterocycles. The zero-order chi connectivity index (χ0) is 20.1. The van der Waals surface area contributed by atoms with Gasteiger partial charge in [-0.15, -0.1) is 0 Å². The topological polar surface area (TPSA) is 57.7 Å². The third-order valence-corrected chi connectivity index (χ3v) is 7.06. The minimum absolute atomic E-state index is 0.000381. The predicted molar refractivity (Wildman–Crippen MR) is 105 cm³/mol. The van der Waals surface area contributed by atoms with Gasteiger partial charge in [-0.25, -0.2) is 4.90 Å². The van der Waals surface area contributed by atoms with Gasteiger partial charge in [0.15, 0.2) is 0 Å². The zero-order valence-corrected chi connectivity index (χ0v) is 17.2. The lowest BCUT2D eigenvalue weighted by atomic mass is 10.0. The highest BCUT2D eigenvalue weighted by molar-refractivity contribution is 6.23.